The van der Waals surface area contributed by atoms with Crippen LogP contribution < -0.4 is 5.32 Å². The number of rotatable bonds is 6. The van der Waals surface area contributed by atoms with Gasteiger partial charge in [0.2, 0.25) is 5.91 Å². The molecule has 6 heteroatoms. The Morgan fingerprint density at radius 3 is 2.60 bits per heavy atom. The number of halogens is 2. The van der Waals surface area contributed by atoms with E-state index in [0.29, 0.717) is 25.2 Å². The van der Waals surface area contributed by atoms with Crippen molar-refractivity contribution in [3.63, 3.8) is 0 Å². The van der Waals surface area contributed by atoms with E-state index in [9.17, 15) is 13.6 Å². The molecule has 2 aromatic rings. The number of amides is 1. The molecule has 1 saturated heterocycles. The van der Waals surface area contributed by atoms with Crippen LogP contribution in [0, 0.1) is 11.6 Å². The van der Waals surface area contributed by atoms with Crippen molar-refractivity contribution in [3.05, 3.63) is 71.3 Å². The zero-order valence-electron chi connectivity index (χ0n) is 13.6. The summed E-state index contributed by atoms with van der Waals surface area (Å²) in [6.07, 6.45) is 0.408. The number of hydrogen-bond acceptors (Lipinski definition) is 3. The Morgan fingerprint density at radius 1 is 1.12 bits per heavy atom. The molecule has 1 amide bonds. The minimum Gasteiger partial charge on any atom is -0.377 e. The van der Waals surface area contributed by atoms with Gasteiger partial charge in [-0.1, -0.05) is 36.4 Å². The smallest absolute Gasteiger partial charge is 0.246 e. The molecule has 3 rings (SSSR count). The quantitative estimate of drug-likeness (QED) is 0.818. The average molecular weight is 347 g/mol. The van der Waals surface area contributed by atoms with E-state index in [-0.39, 0.29) is 19.1 Å². The molecule has 1 fully saturated rings. The van der Waals surface area contributed by atoms with Crippen molar-refractivity contribution < 1.29 is 23.0 Å². The van der Waals surface area contributed by atoms with Gasteiger partial charge in [0.1, 0.15) is 12.2 Å². The van der Waals surface area contributed by atoms with Crippen LogP contribution in [0.15, 0.2) is 48.5 Å². The van der Waals surface area contributed by atoms with Crippen LogP contribution >= 0.6 is 0 Å². The molecule has 0 aliphatic carbocycles. The lowest BCUT2D eigenvalue weighted by atomic mass is 9.89. The zero-order chi connectivity index (χ0) is 17.7. The molecule has 1 N–H and O–H groups in total. The Kier molecular flexibility index (Phi) is 5.40. The fourth-order valence-corrected chi connectivity index (χ4v) is 2.82. The SMILES string of the molecule is O=C1COC(CCOCc2ccccc2)(c2ccc(F)c(F)c2)CN1. The highest BCUT2D eigenvalue weighted by Gasteiger charge is 2.38. The fraction of sp³-hybridized carbons (Fsp3) is 0.316. The minimum atomic E-state index is -0.942. The zero-order valence-corrected chi connectivity index (χ0v) is 13.6. The second-order valence-corrected chi connectivity index (χ2v) is 5.98. The molecule has 0 aromatic heterocycles. The highest BCUT2D eigenvalue weighted by Crippen LogP contribution is 2.32. The van der Waals surface area contributed by atoms with Crippen molar-refractivity contribution in [1.82, 2.24) is 5.32 Å². The Hall–Kier alpha value is -2.31. The number of carbonyl (C=O) groups is 1. The third-order valence-electron chi connectivity index (χ3n) is 4.26. The van der Waals surface area contributed by atoms with Gasteiger partial charge in [-0.3, -0.25) is 4.79 Å². The summed E-state index contributed by atoms with van der Waals surface area (Å²) >= 11 is 0. The monoisotopic (exact) mass is 347 g/mol. The van der Waals surface area contributed by atoms with Crippen molar-refractivity contribution in [3.8, 4) is 0 Å². The van der Waals surface area contributed by atoms with Crippen molar-refractivity contribution in [1.29, 1.82) is 0 Å². The molecule has 132 valence electrons. The molecular formula is C19H19F2NO3. The van der Waals surface area contributed by atoms with Crippen LogP contribution in [0.5, 0.6) is 0 Å². The fourth-order valence-electron chi connectivity index (χ4n) is 2.82. The van der Waals surface area contributed by atoms with Gasteiger partial charge in [-0.2, -0.15) is 0 Å². The van der Waals surface area contributed by atoms with Crippen molar-refractivity contribution >= 4 is 5.91 Å². The standard InChI is InChI=1S/C19H19F2NO3/c20-16-7-6-15(10-17(16)21)19(13-22-18(23)12-25-19)8-9-24-11-14-4-2-1-3-5-14/h1-7,10H,8-9,11-13H2,(H,22,23). The Bertz CT molecular complexity index is 727. The number of hydrogen-bond donors (Lipinski definition) is 1. The van der Waals surface area contributed by atoms with Crippen LogP contribution in [0.2, 0.25) is 0 Å². The lowest BCUT2D eigenvalue weighted by molar-refractivity contribution is -0.148. The number of carbonyl (C=O) groups excluding carboxylic acids is 1. The molecule has 4 nitrogen and oxygen atoms in total. The van der Waals surface area contributed by atoms with Gasteiger partial charge in [0.15, 0.2) is 11.6 Å². The minimum absolute atomic E-state index is 0.127. The van der Waals surface area contributed by atoms with Crippen molar-refractivity contribution in [2.45, 2.75) is 18.6 Å². The molecule has 0 bridgehead atoms. The second kappa shape index (κ2) is 7.72. The van der Waals surface area contributed by atoms with Gasteiger partial charge in [0, 0.05) is 6.42 Å². The van der Waals surface area contributed by atoms with E-state index < -0.39 is 17.2 Å². The lowest BCUT2D eigenvalue weighted by Crippen LogP contribution is -2.51. The first kappa shape index (κ1) is 17.5. The predicted molar refractivity (Wildman–Crippen MR) is 87.7 cm³/mol. The molecule has 1 unspecified atom stereocenters. The predicted octanol–water partition coefficient (Wildman–Crippen LogP) is 2.91. The van der Waals surface area contributed by atoms with E-state index >= 15 is 0 Å². The van der Waals surface area contributed by atoms with Crippen molar-refractivity contribution in [2.24, 2.45) is 0 Å². The van der Waals surface area contributed by atoms with Gasteiger partial charge >= 0.3 is 0 Å². The maximum Gasteiger partial charge on any atom is 0.246 e. The first-order chi connectivity index (χ1) is 12.1. The largest absolute Gasteiger partial charge is 0.377 e. The highest BCUT2D eigenvalue weighted by atomic mass is 19.2. The van der Waals surface area contributed by atoms with Crippen molar-refractivity contribution in [2.75, 3.05) is 19.8 Å². The molecule has 25 heavy (non-hydrogen) atoms. The van der Waals surface area contributed by atoms with Gasteiger partial charge in [-0.15, -0.1) is 0 Å². The summed E-state index contributed by atoms with van der Waals surface area (Å²) in [4.78, 5) is 11.4. The van der Waals surface area contributed by atoms with Crippen LogP contribution in [0.25, 0.3) is 0 Å². The average Bonchev–Trinajstić information content (AvgIpc) is 2.64. The van der Waals surface area contributed by atoms with Gasteiger partial charge in [0.05, 0.1) is 19.8 Å². The Balaban J connectivity index is 1.69. The normalized spacial score (nSPS) is 20.3. The van der Waals surface area contributed by atoms with Crippen LogP contribution in [0.1, 0.15) is 17.5 Å². The van der Waals surface area contributed by atoms with E-state index in [1.165, 1.54) is 6.07 Å². The molecule has 0 spiro atoms. The summed E-state index contributed by atoms with van der Waals surface area (Å²) in [7, 11) is 0. The molecule has 1 atom stereocenters. The molecule has 1 aliphatic heterocycles. The second-order valence-electron chi connectivity index (χ2n) is 5.98. The summed E-state index contributed by atoms with van der Waals surface area (Å²) in [5.41, 5.74) is 0.594. The maximum atomic E-state index is 13.6. The number of benzene rings is 2. The summed E-state index contributed by atoms with van der Waals surface area (Å²) in [6.45, 7) is 0.855. The number of ether oxygens (including phenoxy) is 2. The third kappa shape index (κ3) is 4.21. The lowest BCUT2D eigenvalue weighted by Gasteiger charge is -2.37. The molecule has 1 heterocycles. The summed E-state index contributed by atoms with van der Waals surface area (Å²) in [6, 6.07) is 13.4. The molecule has 0 saturated carbocycles. The van der Waals surface area contributed by atoms with Crippen LogP contribution in [-0.4, -0.2) is 25.7 Å². The van der Waals surface area contributed by atoms with E-state index in [0.717, 1.165) is 17.7 Å². The Morgan fingerprint density at radius 2 is 1.92 bits per heavy atom. The number of morpholine rings is 1. The Labute approximate surface area is 144 Å². The van der Waals surface area contributed by atoms with Gasteiger partial charge in [-0.25, -0.2) is 8.78 Å². The van der Waals surface area contributed by atoms with Gasteiger partial charge < -0.3 is 14.8 Å². The van der Waals surface area contributed by atoms with E-state index in [1.807, 2.05) is 30.3 Å². The first-order valence-corrected chi connectivity index (χ1v) is 8.07. The highest BCUT2D eigenvalue weighted by molar-refractivity contribution is 5.78. The van der Waals surface area contributed by atoms with Gasteiger partial charge in [-0.05, 0) is 23.3 Å². The van der Waals surface area contributed by atoms with E-state index in [1.54, 1.807) is 0 Å². The van der Waals surface area contributed by atoms with E-state index in [4.69, 9.17) is 9.47 Å². The van der Waals surface area contributed by atoms with E-state index in [2.05, 4.69) is 5.32 Å². The van der Waals surface area contributed by atoms with Crippen LogP contribution in [0.3, 0.4) is 0 Å². The van der Waals surface area contributed by atoms with Crippen LogP contribution in [0.4, 0.5) is 8.78 Å². The molecular weight excluding hydrogens is 328 g/mol. The first-order valence-electron chi connectivity index (χ1n) is 8.07. The molecule has 0 radical (unpaired) electrons. The topological polar surface area (TPSA) is 47.6 Å². The molecule has 2 aromatic carbocycles. The summed E-state index contributed by atoms with van der Waals surface area (Å²) in [5, 5.41) is 2.73. The number of nitrogens with one attached hydrogen (secondary N) is 1. The van der Waals surface area contributed by atoms with Gasteiger partial charge in [0.25, 0.3) is 0 Å². The van der Waals surface area contributed by atoms with Crippen LogP contribution in [-0.2, 0) is 26.5 Å². The third-order valence-corrected chi connectivity index (χ3v) is 4.26. The maximum absolute atomic E-state index is 13.6. The summed E-state index contributed by atoms with van der Waals surface area (Å²) in [5.74, 6) is -2.09. The molecule has 1 aliphatic rings. The summed E-state index contributed by atoms with van der Waals surface area (Å²) < 4.78 is 38.3.